The van der Waals surface area contributed by atoms with E-state index < -0.39 is 5.69 Å². The fraction of sp³-hybridized carbons (Fsp3) is 0.182. The molecule has 0 aliphatic rings. The van der Waals surface area contributed by atoms with E-state index in [0.29, 0.717) is 26.7 Å². The molecule has 0 saturated carbocycles. The minimum atomic E-state index is -0.420. The van der Waals surface area contributed by atoms with Crippen LogP contribution in [0.3, 0.4) is 0 Å². The Balaban J connectivity index is 2.72. The van der Waals surface area contributed by atoms with Gasteiger partial charge in [-0.15, -0.1) is 0 Å². The Bertz CT molecular complexity index is 657. The lowest BCUT2D eigenvalue weighted by Gasteiger charge is -2.11. The molecule has 4 nitrogen and oxygen atoms in total. The molecule has 94 valence electrons. The summed E-state index contributed by atoms with van der Waals surface area (Å²) in [6, 6.07) is 5.08. The van der Waals surface area contributed by atoms with Crippen molar-refractivity contribution in [3.63, 3.8) is 0 Å². The van der Waals surface area contributed by atoms with Crippen molar-refractivity contribution in [1.29, 1.82) is 0 Å². The first-order valence-electron chi connectivity index (χ1n) is 5.00. The predicted octanol–water partition coefficient (Wildman–Crippen LogP) is 2.96. The molecule has 1 aromatic heterocycles. The molecule has 0 fully saturated rings. The Kier molecular flexibility index (Phi) is 3.94. The number of halogens is 2. The Morgan fingerprint density at radius 2 is 2.00 bits per heavy atom. The summed E-state index contributed by atoms with van der Waals surface area (Å²) in [5, 5.41) is 1.13. The van der Waals surface area contributed by atoms with E-state index in [1.165, 1.54) is 16.3 Å². The maximum atomic E-state index is 12.0. The number of aryl methyl sites for hydroxylation is 1. The summed E-state index contributed by atoms with van der Waals surface area (Å²) in [6.45, 7) is 1.72. The van der Waals surface area contributed by atoms with E-state index in [4.69, 9.17) is 23.2 Å². The van der Waals surface area contributed by atoms with Crippen LogP contribution in [0.25, 0.3) is 5.69 Å². The Hall–Kier alpha value is -1.04. The van der Waals surface area contributed by atoms with Crippen molar-refractivity contribution in [2.75, 3.05) is 6.26 Å². The standard InChI is InChI=1S/C11H9Cl2N3OS/c1-6-14-10(18-2)15-11(17)16(6)8-5-3-4-7(12)9(8)13/h3-5H,1-2H3. The summed E-state index contributed by atoms with van der Waals surface area (Å²) < 4.78 is 1.34. The first-order chi connectivity index (χ1) is 8.54. The zero-order chi connectivity index (χ0) is 13.3. The van der Waals surface area contributed by atoms with Crippen LogP contribution >= 0.6 is 35.0 Å². The third-order valence-electron chi connectivity index (χ3n) is 2.32. The number of thioether (sulfide) groups is 1. The van der Waals surface area contributed by atoms with Gasteiger partial charge >= 0.3 is 5.69 Å². The Labute approximate surface area is 118 Å². The topological polar surface area (TPSA) is 47.8 Å². The fourth-order valence-corrected chi connectivity index (χ4v) is 2.29. The summed E-state index contributed by atoms with van der Waals surface area (Å²) >= 11 is 13.3. The van der Waals surface area contributed by atoms with Gasteiger partial charge in [-0.25, -0.2) is 14.3 Å². The quantitative estimate of drug-likeness (QED) is 0.800. The molecule has 2 aromatic rings. The first kappa shape index (κ1) is 13.4. The van der Waals surface area contributed by atoms with Gasteiger partial charge in [-0.1, -0.05) is 41.0 Å². The summed E-state index contributed by atoms with van der Waals surface area (Å²) in [4.78, 5) is 20.1. The van der Waals surface area contributed by atoms with Crippen LogP contribution in [0.2, 0.25) is 10.0 Å². The normalized spacial score (nSPS) is 10.7. The van der Waals surface area contributed by atoms with Crippen molar-refractivity contribution < 1.29 is 0 Å². The van der Waals surface area contributed by atoms with E-state index in [1.807, 2.05) is 6.26 Å². The number of hydrogen-bond acceptors (Lipinski definition) is 4. The summed E-state index contributed by atoms with van der Waals surface area (Å²) in [5.41, 5.74) is 0.0651. The summed E-state index contributed by atoms with van der Waals surface area (Å²) in [5.74, 6) is 0.517. The molecule has 1 aromatic carbocycles. The largest absolute Gasteiger partial charge is 0.356 e. The average Bonchev–Trinajstić information content (AvgIpc) is 2.33. The molecule has 0 aliphatic heterocycles. The molecule has 0 N–H and O–H groups in total. The molecule has 0 radical (unpaired) electrons. The number of hydrogen-bond donors (Lipinski definition) is 0. The number of aromatic nitrogens is 3. The lowest BCUT2D eigenvalue weighted by molar-refractivity contribution is 0.744. The van der Waals surface area contributed by atoms with Gasteiger partial charge < -0.3 is 0 Å². The van der Waals surface area contributed by atoms with Gasteiger partial charge in [-0.2, -0.15) is 4.98 Å². The monoisotopic (exact) mass is 301 g/mol. The smallest absolute Gasteiger partial charge is 0.247 e. The molecule has 2 rings (SSSR count). The Morgan fingerprint density at radius 1 is 1.28 bits per heavy atom. The average molecular weight is 302 g/mol. The summed E-state index contributed by atoms with van der Waals surface area (Å²) in [6.07, 6.45) is 1.81. The third-order valence-corrected chi connectivity index (χ3v) is 3.67. The van der Waals surface area contributed by atoms with Crippen molar-refractivity contribution in [3.8, 4) is 5.69 Å². The van der Waals surface area contributed by atoms with E-state index in [1.54, 1.807) is 25.1 Å². The SMILES string of the molecule is CSc1nc(C)n(-c2cccc(Cl)c2Cl)c(=O)n1. The van der Waals surface area contributed by atoms with Gasteiger partial charge in [-0.05, 0) is 25.3 Å². The molecule has 0 unspecified atom stereocenters. The van der Waals surface area contributed by atoms with E-state index >= 15 is 0 Å². The molecular formula is C11H9Cl2N3OS. The molecule has 7 heteroatoms. The van der Waals surface area contributed by atoms with Crippen LogP contribution in [0.4, 0.5) is 0 Å². The number of nitrogens with zero attached hydrogens (tertiary/aromatic N) is 3. The summed E-state index contributed by atoms with van der Waals surface area (Å²) in [7, 11) is 0. The molecule has 0 bridgehead atoms. The molecule has 0 aliphatic carbocycles. The lowest BCUT2D eigenvalue weighted by Crippen LogP contribution is -2.25. The molecule has 1 heterocycles. The van der Waals surface area contributed by atoms with Gasteiger partial charge in [0, 0.05) is 0 Å². The van der Waals surface area contributed by atoms with Crippen LogP contribution in [0, 0.1) is 6.92 Å². The number of rotatable bonds is 2. The molecule has 0 saturated heterocycles. The molecule has 0 spiro atoms. The highest BCUT2D eigenvalue weighted by atomic mass is 35.5. The van der Waals surface area contributed by atoms with E-state index in [9.17, 15) is 4.79 Å². The second-order valence-electron chi connectivity index (χ2n) is 3.45. The first-order valence-corrected chi connectivity index (χ1v) is 6.98. The van der Waals surface area contributed by atoms with Crippen molar-refractivity contribution in [3.05, 3.63) is 44.6 Å². The van der Waals surface area contributed by atoms with Gasteiger partial charge in [0.2, 0.25) is 0 Å². The zero-order valence-electron chi connectivity index (χ0n) is 9.65. The van der Waals surface area contributed by atoms with Crippen LogP contribution < -0.4 is 5.69 Å². The lowest BCUT2D eigenvalue weighted by atomic mass is 10.3. The van der Waals surface area contributed by atoms with Gasteiger partial charge in [0.25, 0.3) is 0 Å². The van der Waals surface area contributed by atoms with E-state index in [-0.39, 0.29) is 0 Å². The third kappa shape index (κ3) is 2.39. The molecule has 0 atom stereocenters. The highest BCUT2D eigenvalue weighted by Gasteiger charge is 2.12. The van der Waals surface area contributed by atoms with Gasteiger partial charge in [0.05, 0.1) is 15.7 Å². The van der Waals surface area contributed by atoms with Crippen LogP contribution in [-0.2, 0) is 0 Å². The van der Waals surface area contributed by atoms with Crippen LogP contribution in [0.15, 0.2) is 28.2 Å². The zero-order valence-corrected chi connectivity index (χ0v) is 12.0. The number of benzene rings is 1. The fourth-order valence-electron chi connectivity index (χ4n) is 1.52. The molecular weight excluding hydrogens is 293 g/mol. The van der Waals surface area contributed by atoms with Gasteiger partial charge in [0.15, 0.2) is 5.16 Å². The van der Waals surface area contributed by atoms with Crippen LogP contribution in [0.1, 0.15) is 5.82 Å². The second kappa shape index (κ2) is 5.30. The van der Waals surface area contributed by atoms with Crippen molar-refractivity contribution in [2.45, 2.75) is 12.1 Å². The maximum absolute atomic E-state index is 12.0. The second-order valence-corrected chi connectivity index (χ2v) is 5.01. The molecule has 0 amide bonds. The predicted molar refractivity (Wildman–Crippen MR) is 74.2 cm³/mol. The molecule has 18 heavy (non-hydrogen) atoms. The highest BCUT2D eigenvalue weighted by Crippen LogP contribution is 2.28. The van der Waals surface area contributed by atoms with Crippen molar-refractivity contribution in [2.24, 2.45) is 0 Å². The van der Waals surface area contributed by atoms with Gasteiger partial charge in [-0.3, -0.25) is 0 Å². The van der Waals surface area contributed by atoms with Crippen molar-refractivity contribution in [1.82, 2.24) is 14.5 Å². The Morgan fingerprint density at radius 3 is 2.61 bits per heavy atom. The van der Waals surface area contributed by atoms with Crippen molar-refractivity contribution >= 4 is 35.0 Å². The highest BCUT2D eigenvalue weighted by molar-refractivity contribution is 7.98. The van der Waals surface area contributed by atoms with Crippen LogP contribution in [0.5, 0.6) is 0 Å². The minimum Gasteiger partial charge on any atom is -0.247 e. The van der Waals surface area contributed by atoms with E-state index in [0.717, 1.165) is 0 Å². The van der Waals surface area contributed by atoms with Gasteiger partial charge in [0.1, 0.15) is 5.82 Å². The maximum Gasteiger partial charge on any atom is 0.356 e. The van der Waals surface area contributed by atoms with E-state index in [2.05, 4.69) is 9.97 Å². The van der Waals surface area contributed by atoms with Crippen LogP contribution in [-0.4, -0.2) is 20.8 Å². The minimum absolute atomic E-state index is 0.310.